The number of rotatable bonds is 4. The number of benzene rings is 1. The average Bonchev–Trinajstić information content (AvgIpc) is 3.33. The Morgan fingerprint density at radius 2 is 2.07 bits per heavy atom. The SMILES string of the molecule is CN(C(=O)CCl)[C@@H]1c2ccccc2C[C@H]1NC(=O)c1cc2sc(Cl)c(Cl)c2[nH]1. The lowest BCUT2D eigenvalue weighted by atomic mass is 10.1. The molecule has 1 aliphatic carbocycles. The van der Waals surface area contributed by atoms with Gasteiger partial charge in [-0.2, -0.15) is 0 Å². The molecule has 0 radical (unpaired) electrons. The third-order valence-corrected chi connectivity index (χ3v) is 7.21. The lowest BCUT2D eigenvalue weighted by Crippen LogP contribution is -2.45. The van der Waals surface area contributed by atoms with Gasteiger partial charge in [-0.05, 0) is 23.6 Å². The quantitative estimate of drug-likeness (QED) is 0.562. The smallest absolute Gasteiger partial charge is 0.268 e. The highest BCUT2D eigenvalue weighted by Crippen LogP contribution is 2.39. The van der Waals surface area contributed by atoms with Crippen molar-refractivity contribution in [3.8, 4) is 0 Å². The molecule has 2 N–H and O–H groups in total. The van der Waals surface area contributed by atoms with Crippen molar-refractivity contribution in [3.05, 3.63) is 56.5 Å². The Morgan fingerprint density at radius 3 is 2.79 bits per heavy atom. The molecule has 1 aromatic carbocycles. The van der Waals surface area contributed by atoms with Crippen molar-refractivity contribution in [2.75, 3.05) is 12.9 Å². The Labute approximate surface area is 180 Å². The average molecular weight is 457 g/mol. The highest BCUT2D eigenvalue weighted by molar-refractivity contribution is 7.23. The Kier molecular flexibility index (Phi) is 5.31. The summed E-state index contributed by atoms with van der Waals surface area (Å²) < 4.78 is 1.31. The van der Waals surface area contributed by atoms with E-state index in [2.05, 4.69) is 10.3 Å². The minimum atomic E-state index is -0.277. The van der Waals surface area contributed by atoms with E-state index in [9.17, 15) is 9.59 Å². The van der Waals surface area contributed by atoms with Gasteiger partial charge in [-0.15, -0.1) is 22.9 Å². The number of nitrogens with zero attached hydrogens (tertiary/aromatic N) is 1. The second-order valence-corrected chi connectivity index (χ2v) is 8.98. The van der Waals surface area contributed by atoms with Gasteiger partial charge in [0.15, 0.2) is 0 Å². The summed E-state index contributed by atoms with van der Waals surface area (Å²) in [4.78, 5) is 29.7. The van der Waals surface area contributed by atoms with Crippen LogP contribution in [-0.4, -0.2) is 40.7 Å². The molecule has 0 saturated heterocycles. The van der Waals surface area contributed by atoms with E-state index >= 15 is 0 Å². The van der Waals surface area contributed by atoms with Crippen molar-refractivity contribution in [1.29, 1.82) is 0 Å². The van der Waals surface area contributed by atoms with Gasteiger partial charge in [0.2, 0.25) is 5.91 Å². The lowest BCUT2D eigenvalue weighted by Gasteiger charge is -2.30. The third kappa shape index (κ3) is 3.28. The van der Waals surface area contributed by atoms with E-state index in [1.165, 1.54) is 11.3 Å². The zero-order valence-corrected chi connectivity index (χ0v) is 17.8. The van der Waals surface area contributed by atoms with E-state index in [1.807, 2.05) is 24.3 Å². The number of carbonyl (C=O) groups excluding carboxylic acids is 2. The number of aromatic amines is 1. The highest BCUT2D eigenvalue weighted by atomic mass is 35.5. The molecule has 2 aromatic heterocycles. The van der Waals surface area contributed by atoms with Crippen LogP contribution in [0.25, 0.3) is 10.2 Å². The number of amides is 2. The van der Waals surface area contributed by atoms with Crippen LogP contribution in [0, 0.1) is 0 Å². The number of aromatic nitrogens is 1. The molecule has 0 spiro atoms. The number of fused-ring (bicyclic) bond motifs is 2. The molecule has 0 aliphatic heterocycles. The van der Waals surface area contributed by atoms with Crippen LogP contribution in [0.3, 0.4) is 0 Å². The van der Waals surface area contributed by atoms with Crippen LogP contribution in [0.5, 0.6) is 0 Å². The van der Waals surface area contributed by atoms with Gasteiger partial charge in [-0.3, -0.25) is 9.59 Å². The van der Waals surface area contributed by atoms with Crippen LogP contribution < -0.4 is 5.32 Å². The van der Waals surface area contributed by atoms with E-state index in [4.69, 9.17) is 34.8 Å². The summed E-state index contributed by atoms with van der Waals surface area (Å²) in [5, 5.41) is 3.47. The predicted octanol–water partition coefficient (Wildman–Crippen LogP) is 4.63. The second-order valence-electron chi connectivity index (χ2n) is 6.68. The van der Waals surface area contributed by atoms with E-state index < -0.39 is 0 Å². The normalized spacial score (nSPS) is 18.3. The second kappa shape index (κ2) is 7.59. The van der Waals surface area contributed by atoms with Crippen LogP contribution in [-0.2, 0) is 11.2 Å². The molecular formula is C19H16Cl3N3O2S. The minimum Gasteiger partial charge on any atom is -0.349 e. The molecule has 1 aliphatic rings. The molecule has 3 aromatic rings. The summed E-state index contributed by atoms with van der Waals surface area (Å²) in [6, 6.07) is 9.07. The van der Waals surface area contributed by atoms with Crippen LogP contribution >= 0.6 is 46.1 Å². The van der Waals surface area contributed by atoms with Crippen LogP contribution in [0.2, 0.25) is 9.36 Å². The number of likely N-dealkylation sites (N-methyl/N-ethyl adjacent to an activating group) is 1. The van der Waals surface area contributed by atoms with E-state index in [0.29, 0.717) is 27.0 Å². The van der Waals surface area contributed by atoms with E-state index in [-0.39, 0.29) is 29.8 Å². The van der Waals surface area contributed by atoms with Crippen molar-refractivity contribution in [2.45, 2.75) is 18.5 Å². The number of alkyl halides is 1. The third-order valence-electron chi connectivity index (χ3n) is 5.05. The van der Waals surface area contributed by atoms with Crippen molar-refractivity contribution < 1.29 is 9.59 Å². The zero-order valence-electron chi connectivity index (χ0n) is 14.8. The summed E-state index contributed by atoms with van der Waals surface area (Å²) in [6.07, 6.45) is 0.633. The van der Waals surface area contributed by atoms with Gasteiger partial charge in [-0.1, -0.05) is 47.5 Å². The standard InChI is InChI=1S/C19H16Cl3N3O2S/c1-25(14(26)8-20)17-10-5-3-2-4-9(10)6-11(17)24-19(27)12-7-13-16(23-12)15(21)18(22)28-13/h2-5,7,11,17,23H,6,8H2,1H3,(H,24,27)/t11-,17-/m1/s1. The summed E-state index contributed by atoms with van der Waals surface area (Å²) in [5.74, 6) is -0.559. The summed E-state index contributed by atoms with van der Waals surface area (Å²) >= 11 is 19.3. The zero-order chi connectivity index (χ0) is 20.0. The van der Waals surface area contributed by atoms with Crippen molar-refractivity contribution >= 4 is 68.2 Å². The minimum absolute atomic E-state index is 0.109. The van der Waals surface area contributed by atoms with Gasteiger partial charge >= 0.3 is 0 Å². The maximum Gasteiger partial charge on any atom is 0.268 e. The topological polar surface area (TPSA) is 65.2 Å². The molecule has 28 heavy (non-hydrogen) atoms. The molecule has 0 bridgehead atoms. The number of H-pyrrole nitrogens is 1. The predicted molar refractivity (Wildman–Crippen MR) is 114 cm³/mol. The molecule has 0 unspecified atom stereocenters. The Morgan fingerprint density at radius 1 is 1.32 bits per heavy atom. The first-order chi connectivity index (χ1) is 13.4. The number of thiophene rings is 1. The van der Waals surface area contributed by atoms with Crippen molar-refractivity contribution in [3.63, 3.8) is 0 Å². The number of carbonyl (C=O) groups is 2. The van der Waals surface area contributed by atoms with Crippen molar-refractivity contribution in [2.24, 2.45) is 0 Å². The van der Waals surface area contributed by atoms with Crippen LogP contribution in [0.1, 0.15) is 27.7 Å². The Balaban J connectivity index is 1.61. The summed E-state index contributed by atoms with van der Waals surface area (Å²) in [7, 11) is 1.71. The summed E-state index contributed by atoms with van der Waals surface area (Å²) in [6.45, 7) is 0. The first-order valence-electron chi connectivity index (χ1n) is 8.57. The van der Waals surface area contributed by atoms with Gasteiger partial charge in [-0.25, -0.2) is 0 Å². The maximum atomic E-state index is 12.9. The van der Waals surface area contributed by atoms with Gasteiger partial charge < -0.3 is 15.2 Å². The van der Waals surface area contributed by atoms with Crippen LogP contribution in [0.4, 0.5) is 0 Å². The van der Waals surface area contributed by atoms with Gasteiger partial charge in [0.1, 0.15) is 15.9 Å². The highest BCUT2D eigenvalue weighted by Gasteiger charge is 2.38. The Hall–Kier alpha value is -1.73. The number of hydrogen-bond acceptors (Lipinski definition) is 3. The van der Waals surface area contributed by atoms with Gasteiger partial charge in [0.25, 0.3) is 5.91 Å². The molecular weight excluding hydrogens is 441 g/mol. The van der Waals surface area contributed by atoms with Gasteiger partial charge in [0.05, 0.1) is 27.3 Å². The number of halogens is 3. The van der Waals surface area contributed by atoms with Gasteiger partial charge in [0, 0.05) is 7.05 Å². The molecule has 5 nitrogen and oxygen atoms in total. The molecule has 2 atom stereocenters. The van der Waals surface area contributed by atoms with E-state index in [1.54, 1.807) is 18.0 Å². The summed E-state index contributed by atoms with van der Waals surface area (Å²) in [5.41, 5.74) is 3.19. The molecule has 0 fully saturated rings. The van der Waals surface area contributed by atoms with Crippen LogP contribution in [0.15, 0.2) is 30.3 Å². The molecule has 0 saturated carbocycles. The fraction of sp³-hybridized carbons (Fsp3) is 0.263. The fourth-order valence-electron chi connectivity index (χ4n) is 3.72. The number of hydrogen-bond donors (Lipinski definition) is 2. The van der Waals surface area contributed by atoms with E-state index in [0.717, 1.165) is 15.8 Å². The molecule has 2 amide bonds. The monoisotopic (exact) mass is 455 g/mol. The molecule has 2 heterocycles. The molecule has 146 valence electrons. The lowest BCUT2D eigenvalue weighted by molar-refractivity contribution is -0.129. The largest absolute Gasteiger partial charge is 0.349 e. The number of nitrogens with one attached hydrogen (secondary N) is 2. The fourth-order valence-corrected chi connectivity index (χ4v) is 5.39. The molecule has 4 rings (SSSR count). The Bertz CT molecular complexity index is 1080. The first-order valence-corrected chi connectivity index (χ1v) is 10.7. The first kappa shape index (κ1) is 19.6. The molecule has 9 heteroatoms. The van der Waals surface area contributed by atoms with Crippen molar-refractivity contribution in [1.82, 2.24) is 15.2 Å². The maximum absolute atomic E-state index is 12.9.